The quantitative estimate of drug-likeness (QED) is 0.463. The van der Waals surface area contributed by atoms with Crippen LogP contribution in [0.25, 0.3) is 0 Å². The molecule has 35 heavy (non-hydrogen) atoms. The third-order valence-electron chi connectivity index (χ3n) is 6.25. The molecule has 1 N–H and O–H groups in total. The Balaban J connectivity index is 1.68. The van der Waals surface area contributed by atoms with Crippen molar-refractivity contribution < 1.29 is 22.3 Å². The van der Waals surface area contributed by atoms with Crippen molar-refractivity contribution in [1.29, 1.82) is 0 Å². The highest BCUT2D eigenvalue weighted by molar-refractivity contribution is 7.92. The molecule has 4 rings (SSSR count). The number of carbonyl (C=O) groups is 1. The maximum absolute atomic E-state index is 14.0. The van der Waals surface area contributed by atoms with Gasteiger partial charge in [-0.2, -0.15) is 0 Å². The average Bonchev–Trinajstić information content (AvgIpc) is 2.98. The number of benzene rings is 3. The van der Waals surface area contributed by atoms with Crippen molar-refractivity contribution in [2.24, 2.45) is 0 Å². The molecule has 2 atom stereocenters. The third kappa shape index (κ3) is 5.17. The van der Waals surface area contributed by atoms with E-state index in [4.69, 9.17) is 4.74 Å². The number of carbonyl (C=O) groups excluding carboxylic acids is 1. The van der Waals surface area contributed by atoms with Crippen LogP contribution in [0.2, 0.25) is 0 Å². The number of fused-ring (bicyclic) bond motifs is 1. The van der Waals surface area contributed by atoms with Gasteiger partial charge in [0.15, 0.2) is 6.10 Å². The zero-order chi connectivity index (χ0) is 25.2. The molecule has 0 spiro atoms. The summed E-state index contributed by atoms with van der Waals surface area (Å²) >= 11 is 0. The van der Waals surface area contributed by atoms with Crippen molar-refractivity contribution >= 4 is 21.6 Å². The van der Waals surface area contributed by atoms with E-state index in [1.807, 2.05) is 49.1 Å². The zero-order valence-corrected chi connectivity index (χ0v) is 20.8. The monoisotopic (exact) mass is 496 g/mol. The van der Waals surface area contributed by atoms with E-state index >= 15 is 0 Å². The number of aryl methyl sites for hydroxylation is 1. The minimum Gasteiger partial charge on any atom is -0.480 e. The Bertz CT molecular complexity index is 1330. The van der Waals surface area contributed by atoms with Gasteiger partial charge in [-0.25, -0.2) is 12.8 Å². The van der Waals surface area contributed by atoms with Gasteiger partial charge in [0.05, 0.1) is 17.5 Å². The Hall–Kier alpha value is -3.39. The number of hydrogen-bond acceptors (Lipinski definition) is 4. The van der Waals surface area contributed by atoms with Crippen LogP contribution in [0.15, 0.2) is 71.6 Å². The average molecular weight is 497 g/mol. The molecule has 8 heteroatoms. The second kappa shape index (κ2) is 10.1. The van der Waals surface area contributed by atoms with E-state index in [0.717, 1.165) is 11.6 Å². The second-order valence-electron chi connectivity index (χ2n) is 8.65. The second-order valence-corrected chi connectivity index (χ2v) is 10.3. The molecule has 1 aliphatic heterocycles. The number of ether oxygens (including phenoxy) is 1. The predicted octanol–water partition coefficient (Wildman–Crippen LogP) is 5.59. The fourth-order valence-corrected chi connectivity index (χ4v) is 5.38. The lowest BCUT2D eigenvalue weighted by Crippen LogP contribution is -2.41. The van der Waals surface area contributed by atoms with Gasteiger partial charge in [-0.3, -0.25) is 9.52 Å². The molecule has 3 aromatic rings. The Morgan fingerprint density at radius 1 is 1.09 bits per heavy atom. The van der Waals surface area contributed by atoms with Gasteiger partial charge in [-0.1, -0.05) is 50.2 Å². The molecule has 1 aliphatic rings. The maximum atomic E-state index is 14.0. The fourth-order valence-electron chi connectivity index (χ4n) is 4.32. The summed E-state index contributed by atoms with van der Waals surface area (Å²) in [7, 11) is -4.00. The van der Waals surface area contributed by atoms with Gasteiger partial charge in [0.25, 0.3) is 15.9 Å². The summed E-state index contributed by atoms with van der Waals surface area (Å²) < 4.78 is 48.3. The van der Waals surface area contributed by atoms with E-state index in [1.54, 1.807) is 25.1 Å². The van der Waals surface area contributed by atoms with Crippen LogP contribution in [-0.2, 0) is 21.4 Å². The fraction of sp³-hybridized carbons (Fsp3) is 0.296. The molecule has 0 saturated carbocycles. The highest BCUT2D eigenvalue weighted by Crippen LogP contribution is 2.35. The van der Waals surface area contributed by atoms with Crippen molar-refractivity contribution in [3.8, 4) is 5.75 Å². The minimum absolute atomic E-state index is 0.100. The molecule has 0 unspecified atom stereocenters. The Kier molecular flexibility index (Phi) is 7.12. The molecule has 0 fully saturated rings. The minimum atomic E-state index is -4.00. The molecule has 1 amide bonds. The number of hydrogen-bond donors (Lipinski definition) is 1. The van der Waals surface area contributed by atoms with Crippen LogP contribution in [0, 0.1) is 12.7 Å². The van der Waals surface area contributed by atoms with Crippen LogP contribution in [-0.4, -0.2) is 25.3 Å². The van der Waals surface area contributed by atoms with E-state index in [0.29, 0.717) is 35.4 Å². The van der Waals surface area contributed by atoms with Crippen molar-refractivity contribution in [3.05, 3.63) is 89.2 Å². The first-order valence-electron chi connectivity index (χ1n) is 11.7. The number of nitrogens with zero attached hydrogens (tertiary/aromatic N) is 1. The summed E-state index contributed by atoms with van der Waals surface area (Å²) in [5.74, 6) is -0.147. The van der Waals surface area contributed by atoms with E-state index in [1.165, 1.54) is 12.1 Å². The summed E-state index contributed by atoms with van der Waals surface area (Å²) in [4.78, 5) is 15.1. The van der Waals surface area contributed by atoms with Crippen molar-refractivity contribution in [2.45, 2.75) is 57.2 Å². The summed E-state index contributed by atoms with van der Waals surface area (Å²) in [6.07, 6.45) is 0.590. The van der Waals surface area contributed by atoms with Gasteiger partial charge in [0.1, 0.15) is 11.6 Å². The van der Waals surface area contributed by atoms with Crippen LogP contribution in [0.5, 0.6) is 5.75 Å². The molecule has 3 aromatic carbocycles. The molecule has 0 radical (unpaired) electrons. The lowest BCUT2D eigenvalue weighted by atomic mass is 10.0. The van der Waals surface area contributed by atoms with Gasteiger partial charge < -0.3 is 9.64 Å². The summed E-state index contributed by atoms with van der Waals surface area (Å²) in [6.45, 7) is 5.77. The number of rotatable bonds is 7. The normalized spacial score (nSPS) is 16.7. The highest BCUT2D eigenvalue weighted by Gasteiger charge is 2.34. The molecule has 184 valence electrons. The van der Waals surface area contributed by atoms with Crippen LogP contribution < -0.4 is 9.46 Å². The molecule has 0 aromatic heterocycles. The van der Waals surface area contributed by atoms with E-state index in [-0.39, 0.29) is 23.4 Å². The summed E-state index contributed by atoms with van der Waals surface area (Å²) in [6, 6.07) is 18.4. The van der Waals surface area contributed by atoms with Gasteiger partial charge in [-0.15, -0.1) is 0 Å². The number of anilines is 1. The van der Waals surface area contributed by atoms with Crippen LogP contribution in [0.4, 0.5) is 10.1 Å². The first-order valence-corrected chi connectivity index (χ1v) is 13.2. The van der Waals surface area contributed by atoms with Gasteiger partial charge in [0.2, 0.25) is 0 Å². The van der Waals surface area contributed by atoms with Gasteiger partial charge >= 0.3 is 0 Å². The van der Waals surface area contributed by atoms with Crippen LogP contribution in [0.1, 0.15) is 49.4 Å². The lowest BCUT2D eigenvalue weighted by molar-refractivity contribution is -0.141. The zero-order valence-electron chi connectivity index (χ0n) is 20.0. The molecule has 0 saturated heterocycles. The number of sulfonamides is 1. The first kappa shape index (κ1) is 24.7. The van der Waals surface area contributed by atoms with Crippen molar-refractivity contribution in [1.82, 2.24) is 4.90 Å². The Morgan fingerprint density at radius 2 is 1.83 bits per heavy atom. The molecular formula is C27H29FN2O4S. The predicted molar refractivity (Wildman–Crippen MR) is 133 cm³/mol. The lowest BCUT2D eigenvalue weighted by Gasteiger charge is -2.32. The number of amides is 1. The van der Waals surface area contributed by atoms with Gasteiger partial charge in [-0.05, 0) is 61.2 Å². The van der Waals surface area contributed by atoms with E-state index in [9.17, 15) is 17.6 Å². The Morgan fingerprint density at radius 3 is 2.49 bits per heavy atom. The van der Waals surface area contributed by atoms with Crippen LogP contribution in [0.3, 0.4) is 0 Å². The molecule has 6 nitrogen and oxygen atoms in total. The largest absolute Gasteiger partial charge is 0.480 e. The number of halogens is 1. The molecular weight excluding hydrogens is 467 g/mol. The van der Waals surface area contributed by atoms with E-state index < -0.39 is 21.9 Å². The highest BCUT2D eigenvalue weighted by atomic mass is 32.2. The van der Waals surface area contributed by atoms with Crippen molar-refractivity contribution in [2.75, 3.05) is 4.72 Å². The van der Waals surface area contributed by atoms with Gasteiger partial charge in [0, 0.05) is 11.3 Å². The third-order valence-corrected chi connectivity index (χ3v) is 7.63. The molecule has 0 aliphatic carbocycles. The molecule has 1 heterocycles. The topological polar surface area (TPSA) is 75.7 Å². The van der Waals surface area contributed by atoms with Crippen molar-refractivity contribution in [3.63, 3.8) is 0 Å². The number of nitrogens with one attached hydrogen (secondary N) is 1. The Labute approximate surface area is 205 Å². The molecule has 0 bridgehead atoms. The standard InChI is InChI=1S/C27H29FN2O4S/c1-4-24(19-9-7-6-8-10-19)30-17-20-15-21(12-14-26(20)34-25(5-2)27(30)31)29-35(32,33)22-13-11-18(3)23(28)16-22/h6-16,24-25,29H,4-5,17H2,1-3H3/t24-,25+/m1/s1. The summed E-state index contributed by atoms with van der Waals surface area (Å²) in [5, 5.41) is 0. The van der Waals surface area contributed by atoms with E-state index in [2.05, 4.69) is 4.72 Å². The smallest absolute Gasteiger partial charge is 0.264 e. The SMILES string of the molecule is CC[C@@H]1Oc2ccc(NS(=O)(=O)c3ccc(C)c(F)c3)cc2CN([C@H](CC)c2ccccc2)C1=O. The first-order chi connectivity index (χ1) is 16.7. The van der Waals surface area contributed by atoms with Crippen LogP contribution >= 0.6 is 0 Å². The maximum Gasteiger partial charge on any atom is 0.264 e. The summed E-state index contributed by atoms with van der Waals surface area (Å²) in [5.41, 5.74) is 2.40.